The average Bonchev–Trinajstić information content (AvgIpc) is 3.17. The average molecular weight is 382 g/mol. The molecule has 0 aliphatic heterocycles. The van der Waals surface area contributed by atoms with Crippen molar-refractivity contribution in [3.8, 4) is 0 Å². The fourth-order valence-corrected chi connectivity index (χ4v) is 3.44. The standard InChI is InChI=1S/C16H23N5O2S2/c1-11(2)6-7-17-15(23)18-14(22)10-25-16-20-19-13(21(16)3)9-12-5-4-8-24-12/h4-5,8,11H,6-7,9-10H2,1-3H3,(H2,17,18,22,23). The lowest BCUT2D eigenvalue weighted by molar-refractivity contribution is -0.117. The summed E-state index contributed by atoms with van der Waals surface area (Å²) in [7, 11) is 1.88. The molecule has 0 spiro atoms. The largest absolute Gasteiger partial charge is 0.338 e. The third-order valence-electron chi connectivity index (χ3n) is 3.43. The number of hydrogen-bond acceptors (Lipinski definition) is 6. The summed E-state index contributed by atoms with van der Waals surface area (Å²) in [5.41, 5.74) is 0. The highest BCUT2D eigenvalue weighted by Crippen LogP contribution is 2.18. The number of thiophene rings is 1. The van der Waals surface area contributed by atoms with Crippen LogP contribution < -0.4 is 10.6 Å². The van der Waals surface area contributed by atoms with Crippen LogP contribution in [0.15, 0.2) is 22.7 Å². The highest BCUT2D eigenvalue weighted by molar-refractivity contribution is 7.99. The fraction of sp³-hybridized carbons (Fsp3) is 0.500. The highest BCUT2D eigenvalue weighted by atomic mass is 32.2. The van der Waals surface area contributed by atoms with Crippen molar-refractivity contribution < 1.29 is 9.59 Å². The number of carbonyl (C=O) groups is 2. The molecular weight excluding hydrogens is 358 g/mol. The fourth-order valence-electron chi connectivity index (χ4n) is 2.01. The number of nitrogens with one attached hydrogen (secondary N) is 2. The van der Waals surface area contributed by atoms with Gasteiger partial charge in [0.25, 0.3) is 0 Å². The summed E-state index contributed by atoms with van der Waals surface area (Å²) in [4.78, 5) is 24.7. The second kappa shape index (κ2) is 9.57. The maximum Gasteiger partial charge on any atom is 0.321 e. The van der Waals surface area contributed by atoms with Crippen LogP contribution in [0.25, 0.3) is 0 Å². The monoisotopic (exact) mass is 381 g/mol. The third-order valence-corrected chi connectivity index (χ3v) is 5.33. The Morgan fingerprint density at radius 1 is 1.36 bits per heavy atom. The van der Waals surface area contributed by atoms with Crippen LogP contribution in [0.1, 0.15) is 31.0 Å². The number of aromatic nitrogens is 3. The molecule has 25 heavy (non-hydrogen) atoms. The van der Waals surface area contributed by atoms with Gasteiger partial charge in [-0.05, 0) is 23.8 Å². The van der Waals surface area contributed by atoms with E-state index in [2.05, 4.69) is 40.7 Å². The first kappa shape index (κ1) is 19.5. The molecule has 0 saturated carbocycles. The van der Waals surface area contributed by atoms with Crippen LogP contribution in [-0.2, 0) is 18.3 Å². The van der Waals surface area contributed by atoms with Gasteiger partial charge in [0, 0.05) is 24.9 Å². The summed E-state index contributed by atoms with van der Waals surface area (Å²) < 4.78 is 1.88. The molecule has 2 rings (SSSR count). The summed E-state index contributed by atoms with van der Waals surface area (Å²) in [6, 6.07) is 3.60. The van der Waals surface area contributed by atoms with Crippen LogP contribution in [0.5, 0.6) is 0 Å². The van der Waals surface area contributed by atoms with Crippen LogP contribution in [0, 0.1) is 5.92 Å². The normalized spacial score (nSPS) is 10.9. The number of amides is 3. The lowest BCUT2D eigenvalue weighted by Crippen LogP contribution is -2.40. The maximum atomic E-state index is 11.8. The lowest BCUT2D eigenvalue weighted by Gasteiger charge is -2.08. The molecule has 136 valence electrons. The molecule has 2 aromatic rings. The molecule has 0 saturated heterocycles. The first-order chi connectivity index (χ1) is 12.0. The van der Waals surface area contributed by atoms with Gasteiger partial charge >= 0.3 is 6.03 Å². The third kappa shape index (κ3) is 6.50. The van der Waals surface area contributed by atoms with Gasteiger partial charge in [0.2, 0.25) is 5.91 Å². The molecule has 0 bridgehead atoms. The summed E-state index contributed by atoms with van der Waals surface area (Å²) in [5, 5.41) is 16.0. The molecule has 2 aromatic heterocycles. The molecule has 0 aliphatic rings. The van der Waals surface area contributed by atoms with E-state index in [1.165, 1.54) is 16.6 Å². The molecule has 2 N–H and O–H groups in total. The van der Waals surface area contributed by atoms with Gasteiger partial charge in [0.15, 0.2) is 5.16 Å². The Balaban J connectivity index is 1.76. The van der Waals surface area contributed by atoms with E-state index in [1.807, 2.05) is 23.1 Å². The molecule has 0 aromatic carbocycles. The van der Waals surface area contributed by atoms with Gasteiger partial charge in [-0.15, -0.1) is 21.5 Å². The van der Waals surface area contributed by atoms with Crippen molar-refractivity contribution in [3.05, 3.63) is 28.2 Å². The Labute approximate surface area is 155 Å². The van der Waals surface area contributed by atoms with Gasteiger partial charge in [0.1, 0.15) is 5.82 Å². The number of hydrogen-bond donors (Lipinski definition) is 2. The Morgan fingerprint density at radius 3 is 2.84 bits per heavy atom. The molecule has 0 radical (unpaired) electrons. The van der Waals surface area contributed by atoms with Gasteiger partial charge in [-0.2, -0.15) is 0 Å². The molecule has 7 nitrogen and oxygen atoms in total. The Kier molecular flexibility index (Phi) is 7.45. The van der Waals surface area contributed by atoms with Crippen LogP contribution in [0.3, 0.4) is 0 Å². The van der Waals surface area contributed by atoms with Crippen LogP contribution in [0.4, 0.5) is 4.79 Å². The minimum atomic E-state index is -0.456. The first-order valence-corrected chi connectivity index (χ1v) is 9.93. The van der Waals surface area contributed by atoms with Gasteiger partial charge < -0.3 is 9.88 Å². The van der Waals surface area contributed by atoms with Gasteiger partial charge in [-0.25, -0.2) is 4.79 Å². The van der Waals surface area contributed by atoms with E-state index < -0.39 is 6.03 Å². The minimum Gasteiger partial charge on any atom is -0.338 e. The number of imide groups is 1. The van der Waals surface area contributed by atoms with Gasteiger partial charge in [-0.1, -0.05) is 31.7 Å². The van der Waals surface area contributed by atoms with E-state index in [1.54, 1.807) is 11.3 Å². The number of rotatable bonds is 8. The number of nitrogens with zero attached hydrogens (tertiary/aromatic N) is 3. The summed E-state index contributed by atoms with van der Waals surface area (Å²) in [5.74, 6) is 1.11. The summed E-state index contributed by atoms with van der Waals surface area (Å²) in [6.45, 7) is 4.71. The lowest BCUT2D eigenvalue weighted by atomic mass is 10.1. The molecule has 0 atom stereocenters. The predicted molar refractivity (Wildman–Crippen MR) is 99.8 cm³/mol. The molecule has 2 heterocycles. The van der Waals surface area contributed by atoms with Crippen LogP contribution in [0.2, 0.25) is 0 Å². The number of carbonyl (C=O) groups excluding carboxylic acids is 2. The molecular formula is C16H23N5O2S2. The van der Waals surface area contributed by atoms with E-state index in [0.717, 1.165) is 12.2 Å². The SMILES string of the molecule is CC(C)CCNC(=O)NC(=O)CSc1nnc(Cc2cccs2)n1C. The zero-order valence-electron chi connectivity index (χ0n) is 14.6. The molecule has 0 aliphatic carbocycles. The van der Waals surface area contributed by atoms with Crippen molar-refractivity contribution in [1.29, 1.82) is 0 Å². The van der Waals surface area contributed by atoms with Gasteiger partial charge in [-0.3, -0.25) is 10.1 Å². The second-order valence-electron chi connectivity index (χ2n) is 5.99. The van der Waals surface area contributed by atoms with Crippen molar-refractivity contribution in [3.63, 3.8) is 0 Å². The predicted octanol–water partition coefficient (Wildman–Crippen LogP) is 2.43. The Bertz CT molecular complexity index is 697. The summed E-state index contributed by atoms with van der Waals surface area (Å²) >= 11 is 2.93. The number of thioether (sulfide) groups is 1. The maximum absolute atomic E-state index is 11.8. The quantitative estimate of drug-likeness (QED) is 0.686. The second-order valence-corrected chi connectivity index (χ2v) is 7.96. The van der Waals surface area contributed by atoms with E-state index >= 15 is 0 Å². The Morgan fingerprint density at radius 2 is 2.16 bits per heavy atom. The van der Waals surface area contributed by atoms with Crippen LogP contribution in [-0.4, -0.2) is 39.0 Å². The van der Waals surface area contributed by atoms with Crippen molar-refractivity contribution in [2.45, 2.75) is 31.8 Å². The molecule has 0 fully saturated rings. The summed E-state index contributed by atoms with van der Waals surface area (Å²) in [6.07, 6.45) is 1.59. The van der Waals surface area contributed by atoms with Crippen LogP contribution >= 0.6 is 23.1 Å². The van der Waals surface area contributed by atoms with Crippen molar-refractivity contribution in [2.75, 3.05) is 12.3 Å². The molecule has 9 heteroatoms. The van der Waals surface area contributed by atoms with Gasteiger partial charge in [0.05, 0.1) is 5.75 Å². The number of urea groups is 1. The molecule has 3 amide bonds. The van der Waals surface area contributed by atoms with Crippen molar-refractivity contribution in [1.82, 2.24) is 25.4 Å². The topological polar surface area (TPSA) is 88.9 Å². The van der Waals surface area contributed by atoms with Crippen molar-refractivity contribution >= 4 is 35.0 Å². The zero-order chi connectivity index (χ0) is 18.2. The van der Waals surface area contributed by atoms with E-state index in [9.17, 15) is 9.59 Å². The van der Waals surface area contributed by atoms with E-state index in [0.29, 0.717) is 24.0 Å². The van der Waals surface area contributed by atoms with E-state index in [-0.39, 0.29) is 11.7 Å². The zero-order valence-corrected chi connectivity index (χ0v) is 16.2. The van der Waals surface area contributed by atoms with E-state index in [4.69, 9.17) is 0 Å². The minimum absolute atomic E-state index is 0.114. The molecule has 0 unspecified atom stereocenters. The highest BCUT2D eigenvalue weighted by Gasteiger charge is 2.13. The first-order valence-electron chi connectivity index (χ1n) is 8.07. The Hall–Kier alpha value is -1.87. The van der Waals surface area contributed by atoms with Crippen molar-refractivity contribution in [2.24, 2.45) is 13.0 Å². The smallest absolute Gasteiger partial charge is 0.321 e.